The Hall–Kier alpha value is -2.89. The van der Waals surface area contributed by atoms with Gasteiger partial charge in [-0.1, -0.05) is 19.1 Å². The van der Waals surface area contributed by atoms with Gasteiger partial charge < -0.3 is 4.98 Å². The Morgan fingerprint density at radius 1 is 1.23 bits per heavy atom. The van der Waals surface area contributed by atoms with Crippen LogP contribution in [0.25, 0.3) is 10.9 Å². The van der Waals surface area contributed by atoms with Gasteiger partial charge in [-0.25, -0.2) is 9.97 Å². The number of rotatable bonds is 3. The Morgan fingerprint density at radius 2 is 2.00 bits per heavy atom. The van der Waals surface area contributed by atoms with Crippen LogP contribution in [0.1, 0.15) is 46.3 Å². The molecule has 1 amide bonds. The molecule has 0 bridgehead atoms. The molecule has 3 N–H and O–H groups in total. The molecule has 0 fully saturated rings. The maximum Gasteiger partial charge on any atom is 0.271 e. The summed E-state index contributed by atoms with van der Waals surface area (Å²) in [4.78, 5) is 24.8. The second-order valence-electron chi connectivity index (χ2n) is 7.21. The summed E-state index contributed by atoms with van der Waals surface area (Å²) in [6.07, 6.45) is 3.29. The van der Waals surface area contributed by atoms with Crippen LogP contribution in [-0.4, -0.2) is 20.9 Å². The Labute approximate surface area is 152 Å². The second-order valence-corrected chi connectivity index (χ2v) is 7.21. The minimum atomic E-state index is -0.204. The highest BCUT2D eigenvalue weighted by Crippen LogP contribution is 2.32. The van der Waals surface area contributed by atoms with E-state index in [1.165, 1.54) is 17.7 Å². The number of para-hydroxylation sites is 1. The average Bonchev–Trinajstić information content (AvgIpc) is 2.97. The molecule has 1 aliphatic rings. The third-order valence-corrected chi connectivity index (χ3v) is 4.98. The van der Waals surface area contributed by atoms with E-state index in [-0.39, 0.29) is 5.91 Å². The number of carbonyl (C=O) groups excluding carboxylic acids is 1. The van der Waals surface area contributed by atoms with Gasteiger partial charge in [0.15, 0.2) is 0 Å². The number of aryl methyl sites for hydroxylation is 3. The molecule has 0 saturated heterocycles. The zero-order valence-corrected chi connectivity index (χ0v) is 15.3. The maximum atomic E-state index is 12.7. The number of carbonyl (C=O) groups is 1. The summed E-state index contributed by atoms with van der Waals surface area (Å²) in [7, 11) is 0. The number of hydrazine groups is 1. The topological polar surface area (TPSA) is 82.7 Å². The molecule has 2 aromatic heterocycles. The van der Waals surface area contributed by atoms with E-state index in [1.807, 2.05) is 32.0 Å². The second kappa shape index (κ2) is 6.44. The molecule has 0 spiro atoms. The third-order valence-electron chi connectivity index (χ3n) is 4.98. The van der Waals surface area contributed by atoms with Crippen molar-refractivity contribution in [3.63, 3.8) is 0 Å². The zero-order valence-electron chi connectivity index (χ0n) is 15.3. The number of hydrogen-bond acceptors (Lipinski definition) is 4. The summed E-state index contributed by atoms with van der Waals surface area (Å²) in [6, 6.07) is 7.77. The number of aromatic amines is 1. The fraction of sp³-hybridized carbons (Fsp3) is 0.350. The van der Waals surface area contributed by atoms with Gasteiger partial charge in [0.2, 0.25) is 5.95 Å². The van der Waals surface area contributed by atoms with Crippen LogP contribution in [-0.2, 0) is 12.8 Å². The SMILES string of the molecule is Cc1cc(C)nc(NNC(=O)c2cccc3c4c([nH]c23)CCC(C)C4)n1. The first-order valence-corrected chi connectivity index (χ1v) is 9.02. The van der Waals surface area contributed by atoms with Crippen molar-refractivity contribution in [2.24, 2.45) is 5.92 Å². The van der Waals surface area contributed by atoms with Crippen LogP contribution in [0.15, 0.2) is 24.3 Å². The molecular formula is C20H23N5O. The summed E-state index contributed by atoms with van der Waals surface area (Å²) in [5.74, 6) is 0.870. The molecule has 0 saturated carbocycles. The Bertz CT molecular complexity index is 971. The van der Waals surface area contributed by atoms with E-state index in [4.69, 9.17) is 0 Å². The van der Waals surface area contributed by atoms with Crippen molar-refractivity contribution in [1.29, 1.82) is 0 Å². The molecule has 1 unspecified atom stereocenters. The van der Waals surface area contributed by atoms with Crippen LogP contribution in [0.2, 0.25) is 0 Å². The van der Waals surface area contributed by atoms with E-state index >= 15 is 0 Å². The third kappa shape index (κ3) is 3.03. The summed E-state index contributed by atoms with van der Waals surface area (Å²) < 4.78 is 0. The van der Waals surface area contributed by atoms with Crippen molar-refractivity contribution in [2.75, 3.05) is 5.43 Å². The number of amides is 1. The lowest BCUT2D eigenvalue weighted by molar-refractivity contribution is 0.0963. The molecule has 1 atom stereocenters. The lowest BCUT2D eigenvalue weighted by atomic mass is 9.87. The van der Waals surface area contributed by atoms with Crippen molar-refractivity contribution in [3.05, 3.63) is 52.5 Å². The van der Waals surface area contributed by atoms with Gasteiger partial charge in [-0.3, -0.25) is 15.6 Å². The van der Waals surface area contributed by atoms with Crippen LogP contribution >= 0.6 is 0 Å². The predicted molar refractivity (Wildman–Crippen MR) is 102 cm³/mol. The van der Waals surface area contributed by atoms with Gasteiger partial charge in [0.25, 0.3) is 5.91 Å². The van der Waals surface area contributed by atoms with E-state index in [1.54, 1.807) is 0 Å². The number of H-pyrrole nitrogens is 1. The van der Waals surface area contributed by atoms with E-state index < -0.39 is 0 Å². The van der Waals surface area contributed by atoms with E-state index in [9.17, 15) is 4.79 Å². The molecule has 4 rings (SSSR count). The predicted octanol–water partition coefficient (Wildman–Crippen LogP) is 3.46. The van der Waals surface area contributed by atoms with Crippen LogP contribution in [0, 0.1) is 19.8 Å². The number of nitrogens with one attached hydrogen (secondary N) is 3. The fourth-order valence-corrected chi connectivity index (χ4v) is 3.77. The van der Waals surface area contributed by atoms with Gasteiger partial charge in [-0.2, -0.15) is 0 Å². The normalized spacial score (nSPS) is 16.3. The van der Waals surface area contributed by atoms with Gasteiger partial charge in [0.05, 0.1) is 11.1 Å². The fourth-order valence-electron chi connectivity index (χ4n) is 3.77. The van der Waals surface area contributed by atoms with Gasteiger partial charge in [0.1, 0.15) is 0 Å². The number of anilines is 1. The molecule has 26 heavy (non-hydrogen) atoms. The Morgan fingerprint density at radius 3 is 2.77 bits per heavy atom. The van der Waals surface area contributed by atoms with Gasteiger partial charge >= 0.3 is 0 Å². The highest BCUT2D eigenvalue weighted by Gasteiger charge is 2.22. The highest BCUT2D eigenvalue weighted by atomic mass is 16.2. The Kier molecular flexibility index (Phi) is 4.11. The van der Waals surface area contributed by atoms with Crippen molar-refractivity contribution in [3.8, 4) is 0 Å². The minimum absolute atomic E-state index is 0.204. The first-order valence-electron chi connectivity index (χ1n) is 9.02. The molecule has 0 radical (unpaired) electrons. The molecule has 1 aliphatic carbocycles. The smallest absolute Gasteiger partial charge is 0.271 e. The van der Waals surface area contributed by atoms with E-state index in [0.717, 1.165) is 35.1 Å². The van der Waals surface area contributed by atoms with Crippen molar-refractivity contribution < 1.29 is 4.79 Å². The van der Waals surface area contributed by atoms with Crippen molar-refractivity contribution >= 4 is 22.8 Å². The zero-order chi connectivity index (χ0) is 18.3. The molecule has 6 heteroatoms. The van der Waals surface area contributed by atoms with E-state index in [0.29, 0.717) is 17.4 Å². The quantitative estimate of drug-likeness (QED) is 0.633. The molecule has 3 aromatic rings. The summed E-state index contributed by atoms with van der Waals surface area (Å²) in [5, 5.41) is 1.15. The van der Waals surface area contributed by atoms with Crippen LogP contribution in [0.4, 0.5) is 5.95 Å². The molecule has 6 nitrogen and oxygen atoms in total. The standard InChI is InChI=1S/C20H23N5O/c1-11-7-8-17-16(9-11)14-5-4-6-15(18(14)23-17)19(26)24-25-20-21-12(2)10-13(3)22-20/h4-6,10-11,23H,7-9H2,1-3H3,(H,24,26)(H,21,22,25). The maximum absolute atomic E-state index is 12.7. The van der Waals surface area contributed by atoms with Crippen molar-refractivity contribution in [2.45, 2.75) is 40.0 Å². The minimum Gasteiger partial charge on any atom is -0.358 e. The van der Waals surface area contributed by atoms with Gasteiger partial charge in [-0.05, 0) is 56.7 Å². The monoisotopic (exact) mass is 349 g/mol. The molecule has 2 heterocycles. The van der Waals surface area contributed by atoms with Gasteiger partial charge in [0, 0.05) is 22.5 Å². The van der Waals surface area contributed by atoms with E-state index in [2.05, 4.69) is 38.8 Å². The number of aromatic nitrogens is 3. The van der Waals surface area contributed by atoms with Crippen LogP contribution in [0.3, 0.4) is 0 Å². The lowest BCUT2D eigenvalue weighted by Crippen LogP contribution is -2.30. The number of benzene rings is 1. The molecule has 1 aromatic carbocycles. The summed E-state index contributed by atoms with van der Waals surface area (Å²) in [6.45, 7) is 6.08. The van der Waals surface area contributed by atoms with Crippen LogP contribution < -0.4 is 10.9 Å². The number of fused-ring (bicyclic) bond motifs is 3. The Balaban J connectivity index is 1.61. The largest absolute Gasteiger partial charge is 0.358 e. The number of hydrogen-bond donors (Lipinski definition) is 3. The highest BCUT2D eigenvalue weighted by molar-refractivity contribution is 6.07. The summed E-state index contributed by atoms with van der Waals surface area (Å²) >= 11 is 0. The summed E-state index contributed by atoms with van der Waals surface area (Å²) in [5.41, 5.74) is 11.4. The molecular weight excluding hydrogens is 326 g/mol. The number of nitrogens with zero attached hydrogens (tertiary/aromatic N) is 2. The van der Waals surface area contributed by atoms with Crippen molar-refractivity contribution in [1.82, 2.24) is 20.4 Å². The first-order chi connectivity index (χ1) is 12.5. The molecule has 0 aliphatic heterocycles. The lowest BCUT2D eigenvalue weighted by Gasteiger charge is -2.17. The molecule has 134 valence electrons. The first kappa shape index (κ1) is 16.6. The average molecular weight is 349 g/mol. The van der Waals surface area contributed by atoms with Gasteiger partial charge in [-0.15, -0.1) is 0 Å². The van der Waals surface area contributed by atoms with Crippen LogP contribution in [0.5, 0.6) is 0 Å².